The van der Waals surface area contributed by atoms with Crippen LogP contribution in [0.15, 0.2) is 18.2 Å². The minimum Gasteiger partial charge on any atom is -0.452 e. The van der Waals surface area contributed by atoms with E-state index in [1.54, 1.807) is 0 Å². The Kier molecular flexibility index (Phi) is 6.24. The van der Waals surface area contributed by atoms with Crippen LogP contribution in [0.1, 0.15) is 29.6 Å². The zero-order valence-electron chi connectivity index (χ0n) is 12.2. The summed E-state index contributed by atoms with van der Waals surface area (Å²) in [4.78, 5) is 35.5. The molecule has 6 nitrogen and oxygen atoms in total. The molecule has 1 atom stereocenters. The fourth-order valence-electron chi connectivity index (χ4n) is 2.18. The van der Waals surface area contributed by atoms with E-state index >= 15 is 0 Å². The van der Waals surface area contributed by atoms with Crippen LogP contribution in [0, 0.1) is 0 Å². The number of halogens is 2. The molecule has 8 heteroatoms. The second-order valence-electron chi connectivity index (χ2n) is 5.11. The molecule has 0 unspecified atom stereocenters. The number of carbonyl (C=O) groups is 3. The summed E-state index contributed by atoms with van der Waals surface area (Å²) in [5, 5.41) is 5.78. The number of amides is 2. The summed E-state index contributed by atoms with van der Waals surface area (Å²) in [5.74, 6) is -1.52. The summed E-state index contributed by atoms with van der Waals surface area (Å²) in [6.07, 6.45) is 2.27. The van der Waals surface area contributed by atoms with Crippen LogP contribution in [0.25, 0.3) is 0 Å². The van der Waals surface area contributed by atoms with Crippen LogP contribution in [0.3, 0.4) is 0 Å². The topological polar surface area (TPSA) is 84.5 Å². The smallest absolute Gasteiger partial charge is 0.340 e. The van der Waals surface area contributed by atoms with Crippen molar-refractivity contribution in [3.8, 4) is 0 Å². The summed E-state index contributed by atoms with van der Waals surface area (Å²) in [6, 6.07) is 3.77. The van der Waals surface area contributed by atoms with Crippen LogP contribution in [0.4, 0.5) is 0 Å². The molecule has 2 amide bonds. The first-order valence-corrected chi connectivity index (χ1v) is 7.92. The lowest BCUT2D eigenvalue weighted by Gasteiger charge is -2.15. The number of hydrogen-bond acceptors (Lipinski definition) is 4. The number of hydrogen-bond donors (Lipinski definition) is 2. The van der Waals surface area contributed by atoms with Gasteiger partial charge < -0.3 is 15.4 Å². The monoisotopic (exact) mass is 358 g/mol. The second kappa shape index (κ2) is 8.17. The van der Waals surface area contributed by atoms with Crippen molar-refractivity contribution in [1.82, 2.24) is 10.6 Å². The van der Waals surface area contributed by atoms with Crippen LogP contribution < -0.4 is 10.6 Å². The lowest BCUT2D eigenvalue weighted by Crippen LogP contribution is -2.46. The van der Waals surface area contributed by atoms with Gasteiger partial charge in [0.2, 0.25) is 5.91 Å². The Hall–Kier alpha value is -1.79. The van der Waals surface area contributed by atoms with Gasteiger partial charge in [0.1, 0.15) is 6.04 Å². The molecule has 1 aromatic rings. The van der Waals surface area contributed by atoms with E-state index in [4.69, 9.17) is 27.9 Å². The molecule has 0 bridgehead atoms. The molecule has 2 rings (SSSR count). The van der Waals surface area contributed by atoms with E-state index in [1.807, 2.05) is 0 Å². The predicted molar refractivity (Wildman–Crippen MR) is 85.5 cm³/mol. The van der Waals surface area contributed by atoms with Crippen molar-refractivity contribution in [3.63, 3.8) is 0 Å². The summed E-state index contributed by atoms with van der Waals surface area (Å²) in [7, 11) is 0. The Morgan fingerprint density at radius 2 is 2.09 bits per heavy atom. The van der Waals surface area contributed by atoms with E-state index in [1.165, 1.54) is 18.2 Å². The Bertz CT molecular complexity index is 621. The first-order chi connectivity index (χ1) is 11.0. The van der Waals surface area contributed by atoms with Gasteiger partial charge in [-0.05, 0) is 37.5 Å². The molecule has 2 N–H and O–H groups in total. The Morgan fingerprint density at radius 3 is 2.87 bits per heavy atom. The molecular formula is C15H16Cl2N2O4. The highest BCUT2D eigenvalue weighted by atomic mass is 35.5. The fraction of sp³-hybridized carbons (Fsp3) is 0.400. The third-order valence-electron chi connectivity index (χ3n) is 3.35. The second-order valence-corrected chi connectivity index (χ2v) is 5.95. The molecule has 1 aliphatic rings. The van der Waals surface area contributed by atoms with Crippen molar-refractivity contribution >= 4 is 41.0 Å². The van der Waals surface area contributed by atoms with Crippen molar-refractivity contribution in [1.29, 1.82) is 0 Å². The molecule has 0 radical (unpaired) electrons. The normalized spacial score (nSPS) is 17.8. The maximum absolute atomic E-state index is 11.9. The standard InChI is InChI=1S/C15H16Cl2N2O4/c16-9-4-5-11(17)10(7-9)15(22)23-8-13(20)19-12-3-1-2-6-18-14(12)21/h4-5,7,12H,1-3,6,8H2,(H,18,21)(H,19,20)/t12-/m1/s1. The molecule has 0 spiro atoms. The van der Waals surface area contributed by atoms with E-state index in [9.17, 15) is 14.4 Å². The summed E-state index contributed by atoms with van der Waals surface area (Å²) in [6.45, 7) is 0.110. The van der Waals surface area contributed by atoms with Crippen LogP contribution in [0.5, 0.6) is 0 Å². The maximum Gasteiger partial charge on any atom is 0.340 e. The van der Waals surface area contributed by atoms with Crippen LogP contribution in [-0.4, -0.2) is 37.0 Å². The van der Waals surface area contributed by atoms with Crippen molar-refractivity contribution in [2.24, 2.45) is 0 Å². The number of ether oxygens (including phenoxy) is 1. The van der Waals surface area contributed by atoms with Gasteiger partial charge in [-0.25, -0.2) is 4.79 Å². The van der Waals surface area contributed by atoms with Gasteiger partial charge >= 0.3 is 5.97 Å². The molecule has 0 aliphatic carbocycles. The number of benzene rings is 1. The quantitative estimate of drug-likeness (QED) is 0.805. The first kappa shape index (κ1) is 17.6. The average molecular weight is 359 g/mol. The molecule has 1 aromatic carbocycles. The molecule has 1 aliphatic heterocycles. The highest BCUT2D eigenvalue weighted by molar-refractivity contribution is 6.35. The Morgan fingerprint density at radius 1 is 1.30 bits per heavy atom. The largest absolute Gasteiger partial charge is 0.452 e. The third kappa shape index (κ3) is 5.11. The van der Waals surface area contributed by atoms with Gasteiger partial charge in [-0.2, -0.15) is 0 Å². The molecular weight excluding hydrogens is 343 g/mol. The van der Waals surface area contributed by atoms with E-state index in [0.717, 1.165) is 12.8 Å². The molecule has 1 fully saturated rings. The van der Waals surface area contributed by atoms with Crippen molar-refractivity contribution in [2.45, 2.75) is 25.3 Å². The molecule has 23 heavy (non-hydrogen) atoms. The SMILES string of the molecule is O=C(COC(=O)c1cc(Cl)ccc1Cl)N[C@@H]1CCCCNC1=O. The minimum absolute atomic E-state index is 0.0826. The molecule has 124 valence electrons. The van der Waals surface area contributed by atoms with Crippen molar-refractivity contribution in [2.75, 3.05) is 13.2 Å². The van der Waals surface area contributed by atoms with Crippen LogP contribution >= 0.6 is 23.2 Å². The number of nitrogens with one attached hydrogen (secondary N) is 2. The number of carbonyl (C=O) groups excluding carboxylic acids is 3. The summed E-state index contributed by atoms with van der Waals surface area (Å²) < 4.78 is 4.91. The Labute approximate surface area is 143 Å². The fourth-order valence-corrected chi connectivity index (χ4v) is 2.54. The van der Waals surface area contributed by atoms with Gasteiger partial charge in [0.15, 0.2) is 6.61 Å². The van der Waals surface area contributed by atoms with Crippen LogP contribution in [-0.2, 0) is 14.3 Å². The van der Waals surface area contributed by atoms with Crippen LogP contribution in [0.2, 0.25) is 10.0 Å². The lowest BCUT2D eigenvalue weighted by atomic mass is 10.1. The van der Waals surface area contributed by atoms with Gasteiger partial charge in [-0.3, -0.25) is 9.59 Å². The zero-order chi connectivity index (χ0) is 16.8. The highest BCUT2D eigenvalue weighted by Crippen LogP contribution is 2.21. The predicted octanol–water partition coefficient (Wildman–Crippen LogP) is 1.94. The first-order valence-electron chi connectivity index (χ1n) is 7.16. The molecule has 1 heterocycles. The highest BCUT2D eigenvalue weighted by Gasteiger charge is 2.23. The van der Waals surface area contributed by atoms with Crippen molar-refractivity contribution < 1.29 is 19.1 Å². The average Bonchev–Trinajstić information content (AvgIpc) is 2.72. The van der Waals surface area contributed by atoms with Gasteiger partial charge in [0.05, 0.1) is 10.6 Å². The third-order valence-corrected chi connectivity index (χ3v) is 3.92. The number of esters is 1. The van der Waals surface area contributed by atoms with Gasteiger partial charge in [0, 0.05) is 11.6 Å². The van der Waals surface area contributed by atoms with E-state index in [0.29, 0.717) is 18.0 Å². The van der Waals surface area contributed by atoms with Gasteiger partial charge in [-0.1, -0.05) is 23.2 Å². The summed E-state index contributed by atoms with van der Waals surface area (Å²) in [5.41, 5.74) is 0.0826. The number of rotatable bonds is 4. The van der Waals surface area contributed by atoms with Crippen molar-refractivity contribution in [3.05, 3.63) is 33.8 Å². The van der Waals surface area contributed by atoms with Gasteiger partial charge in [-0.15, -0.1) is 0 Å². The summed E-state index contributed by atoms with van der Waals surface area (Å²) >= 11 is 11.7. The van der Waals surface area contributed by atoms with E-state index in [2.05, 4.69) is 10.6 Å². The molecule has 0 aromatic heterocycles. The maximum atomic E-state index is 11.9. The van der Waals surface area contributed by atoms with E-state index in [-0.39, 0.29) is 16.5 Å². The lowest BCUT2D eigenvalue weighted by molar-refractivity contribution is -0.130. The molecule has 1 saturated heterocycles. The minimum atomic E-state index is -0.752. The molecule has 0 saturated carbocycles. The zero-order valence-corrected chi connectivity index (χ0v) is 13.7. The Balaban J connectivity index is 1.87. The van der Waals surface area contributed by atoms with Gasteiger partial charge in [0.25, 0.3) is 5.91 Å². The van der Waals surface area contributed by atoms with E-state index < -0.39 is 24.5 Å².